The van der Waals surface area contributed by atoms with E-state index in [1.54, 1.807) is 6.33 Å². The molecule has 0 amide bonds. The first-order chi connectivity index (χ1) is 9.28. The van der Waals surface area contributed by atoms with Crippen molar-refractivity contribution in [2.45, 2.75) is 6.42 Å². The maximum absolute atomic E-state index is 4.63. The van der Waals surface area contributed by atoms with Crippen LogP contribution in [0.1, 0.15) is 5.82 Å². The second-order valence-electron chi connectivity index (χ2n) is 4.33. The maximum atomic E-state index is 4.63. The zero-order chi connectivity index (χ0) is 13.2. The van der Waals surface area contributed by atoms with Crippen LogP contribution in [0.25, 0.3) is 22.3 Å². The molecular formula is C13H14BrN5. The highest BCUT2D eigenvalue weighted by molar-refractivity contribution is 9.10. The van der Waals surface area contributed by atoms with E-state index in [9.17, 15) is 0 Å². The van der Waals surface area contributed by atoms with Crippen molar-refractivity contribution >= 4 is 27.0 Å². The quantitative estimate of drug-likeness (QED) is 0.692. The summed E-state index contributed by atoms with van der Waals surface area (Å²) in [6.07, 6.45) is 2.58. The van der Waals surface area contributed by atoms with E-state index in [2.05, 4.69) is 47.2 Å². The number of aromatic nitrogens is 4. The van der Waals surface area contributed by atoms with Crippen molar-refractivity contribution in [3.05, 3.63) is 35.0 Å². The average Bonchev–Trinajstić information content (AvgIpc) is 3.01. The van der Waals surface area contributed by atoms with E-state index < -0.39 is 0 Å². The fraction of sp³-hybridized carbons (Fsp3) is 0.231. The molecule has 0 radical (unpaired) electrons. The molecule has 0 saturated heterocycles. The van der Waals surface area contributed by atoms with Crippen LogP contribution in [-0.2, 0) is 6.42 Å². The minimum Gasteiger partial charge on any atom is -0.345 e. The van der Waals surface area contributed by atoms with Gasteiger partial charge in [0, 0.05) is 18.5 Å². The zero-order valence-corrected chi connectivity index (χ0v) is 12.1. The largest absolute Gasteiger partial charge is 0.345 e. The molecule has 3 aromatic rings. The lowest BCUT2D eigenvalue weighted by Gasteiger charge is -1.98. The number of likely N-dealkylation sites (N-methyl/N-ethyl adjacent to an activating group) is 1. The summed E-state index contributed by atoms with van der Waals surface area (Å²) in [5.74, 6) is 0.973. The number of benzene rings is 1. The Bertz CT molecular complexity index is 700. The van der Waals surface area contributed by atoms with Crippen molar-refractivity contribution in [2.24, 2.45) is 0 Å². The van der Waals surface area contributed by atoms with Crippen LogP contribution < -0.4 is 5.32 Å². The van der Waals surface area contributed by atoms with Gasteiger partial charge in [-0.2, -0.15) is 0 Å². The summed E-state index contributed by atoms with van der Waals surface area (Å²) in [5.41, 5.74) is 3.98. The Hall–Kier alpha value is -1.66. The van der Waals surface area contributed by atoms with E-state index in [1.165, 1.54) is 0 Å². The third-order valence-corrected chi connectivity index (χ3v) is 3.59. The minimum atomic E-state index is 0.876. The lowest BCUT2D eigenvalue weighted by Crippen LogP contribution is -2.11. The monoisotopic (exact) mass is 319 g/mol. The third-order valence-electron chi connectivity index (χ3n) is 3.01. The van der Waals surface area contributed by atoms with Crippen LogP contribution in [0.2, 0.25) is 0 Å². The highest BCUT2D eigenvalue weighted by atomic mass is 79.9. The van der Waals surface area contributed by atoms with Gasteiger partial charge in [0.05, 0.1) is 17.4 Å². The van der Waals surface area contributed by atoms with Gasteiger partial charge in [-0.15, -0.1) is 0 Å². The SMILES string of the molecule is CNCCc1nc(-c2ccc3nc[nH]c3c2)c(Br)[nH]1. The van der Waals surface area contributed by atoms with Gasteiger partial charge in [0.1, 0.15) is 16.1 Å². The molecule has 0 aliphatic rings. The first-order valence-corrected chi connectivity index (χ1v) is 6.89. The summed E-state index contributed by atoms with van der Waals surface area (Å²) in [5, 5.41) is 3.12. The predicted octanol–water partition coefficient (Wildman–Crippen LogP) is 2.48. The molecule has 0 spiro atoms. The number of nitrogens with one attached hydrogen (secondary N) is 3. The summed E-state index contributed by atoms with van der Waals surface area (Å²) in [7, 11) is 1.94. The molecule has 0 bridgehead atoms. The van der Waals surface area contributed by atoms with E-state index in [4.69, 9.17) is 0 Å². The number of imidazole rings is 2. The van der Waals surface area contributed by atoms with Crippen LogP contribution >= 0.6 is 15.9 Å². The van der Waals surface area contributed by atoms with E-state index in [0.717, 1.165) is 45.7 Å². The predicted molar refractivity (Wildman–Crippen MR) is 79.0 cm³/mol. The first-order valence-electron chi connectivity index (χ1n) is 6.10. The van der Waals surface area contributed by atoms with Crippen LogP contribution in [-0.4, -0.2) is 33.5 Å². The lowest BCUT2D eigenvalue weighted by molar-refractivity contribution is 0.764. The molecule has 0 saturated carbocycles. The van der Waals surface area contributed by atoms with Crippen molar-refractivity contribution in [1.82, 2.24) is 25.3 Å². The average molecular weight is 320 g/mol. The zero-order valence-electron chi connectivity index (χ0n) is 10.5. The maximum Gasteiger partial charge on any atom is 0.110 e. The number of fused-ring (bicyclic) bond motifs is 1. The van der Waals surface area contributed by atoms with Crippen LogP contribution in [0.3, 0.4) is 0 Å². The van der Waals surface area contributed by atoms with Crippen molar-refractivity contribution in [3.8, 4) is 11.3 Å². The lowest BCUT2D eigenvalue weighted by atomic mass is 10.1. The fourth-order valence-electron chi connectivity index (χ4n) is 2.03. The number of rotatable bonds is 4. The second kappa shape index (κ2) is 5.14. The van der Waals surface area contributed by atoms with Gasteiger partial charge < -0.3 is 15.3 Å². The van der Waals surface area contributed by atoms with Crippen LogP contribution in [0.4, 0.5) is 0 Å². The number of aromatic amines is 2. The number of hydrogen-bond acceptors (Lipinski definition) is 3. The van der Waals surface area contributed by atoms with Crippen LogP contribution in [0.5, 0.6) is 0 Å². The Morgan fingerprint density at radius 1 is 1.37 bits per heavy atom. The fourth-order valence-corrected chi connectivity index (χ4v) is 2.58. The van der Waals surface area contributed by atoms with E-state index in [-0.39, 0.29) is 0 Å². The van der Waals surface area contributed by atoms with Crippen molar-refractivity contribution in [2.75, 3.05) is 13.6 Å². The minimum absolute atomic E-state index is 0.876. The Labute approximate surface area is 119 Å². The van der Waals surface area contributed by atoms with Gasteiger partial charge in [-0.1, -0.05) is 6.07 Å². The Balaban J connectivity index is 1.98. The van der Waals surface area contributed by atoms with Gasteiger partial charge in [-0.25, -0.2) is 9.97 Å². The molecule has 0 aliphatic heterocycles. The molecule has 98 valence electrons. The molecule has 6 heteroatoms. The molecule has 0 aliphatic carbocycles. The van der Waals surface area contributed by atoms with Gasteiger partial charge in [0.2, 0.25) is 0 Å². The van der Waals surface area contributed by atoms with Gasteiger partial charge in [-0.3, -0.25) is 0 Å². The highest BCUT2D eigenvalue weighted by Crippen LogP contribution is 2.27. The molecule has 19 heavy (non-hydrogen) atoms. The third kappa shape index (κ3) is 2.41. The molecular weight excluding hydrogens is 306 g/mol. The van der Waals surface area contributed by atoms with Gasteiger partial charge >= 0.3 is 0 Å². The summed E-state index contributed by atoms with van der Waals surface area (Å²) in [6.45, 7) is 0.902. The summed E-state index contributed by atoms with van der Waals surface area (Å²) in [4.78, 5) is 15.2. The standard InChI is InChI=1S/C13H14BrN5/c1-15-5-4-11-18-12(13(14)19-11)8-2-3-9-10(6-8)17-7-16-9/h2-3,6-7,15H,4-5H2,1H3,(H,16,17)(H,18,19). The van der Waals surface area contributed by atoms with Crippen molar-refractivity contribution < 1.29 is 0 Å². The van der Waals surface area contributed by atoms with Gasteiger partial charge in [0.15, 0.2) is 0 Å². The number of nitrogens with zero attached hydrogens (tertiary/aromatic N) is 2. The molecule has 2 heterocycles. The Kier molecular flexibility index (Phi) is 3.35. The number of halogens is 1. The highest BCUT2D eigenvalue weighted by Gasteiger charge is 2.11. The summed E-state index contributed by atoms with van der Waals surface area (Å²) < 4.78 is 0.914. The Morgan fingerprint density at radius 2 is 2.26 bits per heavy atom. The second-order valence-corrected chi connectivity index (χ2v) is 5.13. The normalized spacial score (nSPS) is 11.3. The van der Waals surface area contributed by atoms with Crippen molar-refractivity contribution in [3.63, 3.8) is 0 Å². The number of H-pyrrole nitrogens is 2. The first kappa shape index (κ1) is 12.4. The smallest absolute Gasteiger partial charge is 0.110 e. The molecule has 0 unspecified atom stereocenters. The van der Waals surface area contributed by atoms with Gasteiger partial charge in [-0.05, 0) is 35.1 Å². The Morgan fingerprint density at radius 3 is 3.11 bits per heavy atom. The molecule has 0 fully saturated rings. The van der Waals surface area contributed by atoms with Crippen molar-refractivity contribution in [1.29, 1.82) is 0 Å². The molecule has 1 aromatic carbocycles. The molecule has 3 N–H and O–H groups in total. The van der Waals surface area contributed by atoms with E-state index in [0.29, 0.717) is 0 Å². The van der Waals surface area contributed by atoms with E-state index >= 15 is 0 Å². The summed E-state index contributed by atoms with van der Waals surface area (Å²) >= 11 is 3.54. The molecule has 2 aromatic heterocycles. The summed E-state index contributed by atoms with van der Waals surface area (Å²) in [6, 6.07) is 6.09. The number of hydrogen-bond donors (Lipinski definition) is 3. The molecule has 3 rings (SSSR count). The van der Waals surface area contributed by atoms with E-state index in [1.807, 2.05) is 19.2 Å². The van der Waals surface area contributed by atoms with Crippen LogP contribution in [0.15, 0.2) is 29.1 Å². The molecule has 5 nitrogen and oxygen atoms in total. The topological polar surface area (TPSA) is 69.4 Å². The van der Waals surface area contributed by atoms with Gasteiger partial charge in [0.25, 0.3) is 0 Å². The van der Waals surface area contributed by atoms with Crippen LogP contribution in [0, 0.1) is 0 Å². The molecule has 0 atom stereocenters.